The number of rotatable bonds is 4. The second kappa shape index (κ2) is 6.20. The number of fused-ring (bicyclic) bond motifs is 5. The minimum Gasteiger partial charge on any atom is -0.480 e. The standard InChI is InChI=1S/C18H17Br2NO4/c19-14-9-7-10(15(14)20)13-12(9)16(22)21(17(13)23)11(18(24)25)6-8-4-2-1-3-5-8/h1-5,9-15H,6-7H2,(H,24,25). The molecule has 0 radical (unpaired) electrons. The van der Waals surface area contributed by atoms with Crippen LogP contribution in [0.25, 0.3) is 0 Å². The van der Waals surface area contributed by atoms with Gasteiger partial charge >= 0.3 is 5.97 Å². The van der Waals surface area contributed by atoms with Gasteiger partial charge in [0, 0.05) is 16.1 Å². The maximum atomic E-state index is 13.0. The van der Waals surface area contributed by atoms with Crippen molar-refractivity contribution in [3.8, 4) is 0 Å². The number of hydrogen-bond donors (Lipinski definition) is 1. The van der Waals surface area contributed by atoms with Crippen molar-refractivity contribution in [1.29, 1.82) is 0 Å². The molecule has 4 rings (SSSR count). The van der Waals surface area contributed by atoms with Gasteiger partial charge in [-0.3, -0.25) is 14.5 Å². The number of halogens is 2. The number of likely N-dealkylation sites (tertiary alicyclic amines) is 1. The van der Waals surface area contributed by atoms with Gasteiger partial charge in [-0.05, 0) is 23.8 Å². The topological polar surface area (TPSA) is 74.7 Å². The van der Waals surface area contributed by atoms with Crippen LogP contribution < -0.4 is 0 Å². The van der Waals surface area contributed by atoms with Crippen LogP contribution in [0, 0.1) is 23.7 Å². The molecule has 1 aromatic carbocycles. The Hall–Kier alpha value is -1.21. The van der Waals surface area contributed by atoms with Gasteiger partial charge in [0.25, 0.3) is 0 Å². The van der Waals surface area contributed by atoms with Crippen LogP contribution in [0.3, 0.4) is 0 Å². The quantitative estimate of drug-likeness (QED) is 0.541. The van der Waals surface area contributed by atoms with Crippen LogP contribution in [0.4, 0.5) is 0 Å². The summed E-state index contributed by atoms with van der Waals surface area (Å²) in [5.41, 5.74) is 0.798. The first-order valence-electron chi connectivity index (χ1n) is 8.33. The van der Waals surface area contributed by atoms with Crippen LogP contribution in [-0.2, 0) is 20.8 Å². The van der Waals surface area contributed by atoms with Crippen LogP contribution in [0.5, 0.6) is 0 Å². The highest BCUT2D eigenvalue weighted by molar-refractivity contribution is 9.12. The van der Waals surface area contributed by atoms with Gasteiger partial charge in [-0.2, -0.15) is 0 Å². The van der Waals surface area contributed by atoms with Crippen molar-refractivity contribution in [1.82, 2.24) is 4.90 Å². The second-order valence-corrected chi connectivity index (χ2v) is 9.21. The Morgan fingerprint density at radius 3 is 2.08 bits per heavy atom. The number of carboxylic acid groups (broad SMARTS) is 1. The zero-order valence-corrected chi connectivity index (χ0v) is 16.4. The molecule has 132 valence electrons. The first kappa shape index (κ1) is 17.2. The summed E-state index contributed by atoms with van der Waals surface area (Å²) in [5, 5.41) is 9.68. The number of amides is 2. The van der Waals surface area contributed by atoms with E-state index in [1.165, 1.54) is 0 Å². The van der Waals surface area contributed by atoms with Crippen molar-refractivity contribution in [2.24, 2.45) is 23.7 Å². The Labute approximate surface area is 162 Å². The summed E-state index contributed by atoms with van der Waals surface area (Å²) in [4.78, 5) is 39.1. The van der Waals surface area contributed by atoms with E-state index in [-0.39, 0.29) is 51.6 Å². The zero-order chi connectivity index (χ0) is 17.9. The van der Waals surface area contributed by atoms with Crippen molar-refractivity contribution in [3.05, 3.63) is 35.9 Å². The molecule has 1 N–H and O–H groups in total. The number of carbonyl (C=O) groups is 3. The minimum absolute atomic E-state index is 0.0898. The smallest absolute Gasteiger partial charge is 0.327 e. The monoisotopic (exact) mass is 469 g/mol. The summed E-state index contributed by atoms with van der Waals surface area (Å²) in [6.45, 7) is 0. The molecule has 2 aliphatic carbocycles. The molecule has 7 atom stereocenters. The molecule has 1 saturated heterocycles. The first-order chi connectivity index (χ1) is 11.9. The fraction of sp³-hybridized carbons (Fsp3) is 0.500. The summed E-state index contributed by atoms with van der Waals surface area (Å²) >= 11 is 7.28. The van der Waals surface area contributed by atoms with E-state index in [1.807, 2.05) is 30.3 Å². The highest BCUT2D eigenvalue weighted by Gasteiger charge is 2.67. The molecule has 7 unspecified atom stereocenters. The van der Waals surface area contributed by atoms with Gasteiger partial charge < -0.3 is 5.11 Å². The third kappa shape index (κ3) is 2.50. The third-order valence-electron chi connectivity index (χ3n) is 5.89. The van der Waals surface area contributed by atoms with E-state index in [0.717, 1.165) is 16.9 Å². The summed E-state index contributed by atoms with van der Waals surface area (Å²) in [6.07, 6.45) is 0.973. The van der Waals surface area contributed by atoms with E-state index in [9.17, 15) is 19.5 Å². The Bertz CT molecular complexity index is 708. The Morgan fingerprint density at radius 2 is 1.60 bits per heavy atom. The van der Waals surface area contributed by atoms with Crippen LogP contribution in [0.15, 0.2) is 30.3 Å². The van der Waals surface area contributed by atoms with E-state index < -0.39 is 12.0 Å². The lowest BCUT2D eigenvalue weighted by molar-refractivity contribution is -0.155. The van der Waals surface area contributed by atoms with Gasteiger partial charge in [-0.1, -0.05) is 62.2 Å². The third-order valence-corrected chi connectivity index (χ3v) is 9.10. The van der Waals surface area contributed by atoms with E-state index in [4.69, 9.17) is 0 Å². The van der Waals surface area contributed by atoms with Crippen molar-refractivity contribution >= 4 is 49.6 Å². The predicted octanol–water partition coefficient (Wildman–Crippen LogP) is 2.46. The lowest BCUT2D eigenvalue weighted by atomic mass is 9.81. The van der Waals surface area contributed by atoms with E-state index in [2.05, 4.69) is 31.9 Å². The number of aliphatic carboxylic acids is 1. The van der Waals surface area contributed by atoms with Crippen molar-refractivity contribution in [3.63, 3.8) is 0 Å². The fourth-order valence-electron chi connectivity index (χ4n) is 4.81. The Balaban J connectivity index is 1.65. The average molecular weight is 471 g/mol. The molecule has 7 heteroatoms. The van der Waals surface area contributed by atoms with E-state index in [0.29, 0.717) is 0 Å². The molecule has 0 aromatic heterocycles. The molecule has 2 amide bonds. The molecule has 3 aliphatic rings. The van der Waals surface area contributed by atoms with Crippen LogP contribution >= 0.6 is 31.9 Å². The summed E-state index contributed by atoms with van der Waals surface area (Å²) in [6, 6.07) is 7.97. The molecule has 25 heavy (non-hydrogen) atoms. The van der Waals surface area contributed by atoms with Crippen molar-refractivity contribution in [2.75, 3.05) is 0 Å². The normalized spacial score (nSPS) is 37.4. The van der Waals surface area contributed by atoms with Crippen molar-refractivity contribution in [2.45, 2.75) is 28.5 Å². The molecule has 1 aliphatic heterocycles. The minimum atomic E-state index is -1.14. The van der Waals surface area contributed by atoms with Gasteiger partial charge in [0.2, 0.25) is 11.8 Å². The summed E-state index contributed by atoms with van der Waals surface area (Å²) in [5.74, 6) is -2.34. The lowest BCUT2D eigenvalue weighted by Gasteiger charge is -2.28. The number of hydrogen-bond acceptors (Lipinski definition) is 3. The maximum absolute atomic E-state index is 13.0. The average Bonchev–Trinajstić information content (AvgIpc) is 3.19. The summed E-state index contributed by atoms with van der Waals surface area (Å²) < 4.78 is 0. The largest absolute Gasteiger partial charge is 0.480 e. The van der Waals surface area contributed by atoms with Gasteiger partial charge in [-0.15, -0.1) is 0 Å². The van der Waals surface area contributed by atoms with Crippen LogP contribution in [0.2, 0.25) is 0 Å². The van der Waals surface area contributed by atoms with E-state index >= 15 is 0 Å². The van der Waals surface area contributed by atoms with Crippen molar-refractivity contribution < 1.29 is 19.5 Å². The Kier molecular flexibility index (Phi) is 4.27. The van der Waals surface area contributed by atoms with Gasteiger partial charge in [0.15, 0.2) is 0 Å². The van der Waals surface area contributed by atoms with E-state index in [1.54, 1.807) is 0 Å². The van der Waals surface area contributed by atoms with Gasteiger partial charge in [0.1, 0.15) is 6.04 Å². The maximum Gasteiger partial charge on any atom is 0.327 e. The molecule has 3 fully saturated rings. The van der Waals surface area contributed by atoms with Crippen LogP contribution in [0.1, 0.15) is 12.0 Å². The molecule has 1 heterocycles. The molecule has 2 saturated carbocycles. The zero-order valence-electron chi connectivity index (χ0n) is 13.2. The second-order valence-electron chi connectivity index (χ2n) is 7.09. The Morgan fingerprint density at radius 1 is 1.08 bits per heavy atom. The number of imide groups is 1. The highest BCUT2D eigenvalue weighted by Crippen LogP contribution is 2.60. The number of alkyl halides is 2. The SMILES string of the molecule is O=C(O)C(Cc1ccccc1)N1C(=O)C2C3CC(C(Br)C3Br)C2C1=O. The molecular formula is C18H17Br2NO4. The van der Waals surface area contributed by atoms with Gasteiger partial charge in [-0.25, -0.2) is 4.79 Å². The number of carbonyl (C=O) groups excluding carboxylic acids is 2. The van der Waals surface area contributed by atoms with Gasteiger partial charge in [0.05, 0.1) is 11.8 Å². The first-order valence-corrected chi connectivity index (χ1v) is 10.2. The summed E-state index contributed by atoms with van der Waals surface area (Å²) in [7, 11) is 0. The fourth-order valence-corrected chi connectivity index (χ4v) is 6.68. The number of benzene rings is 1. The molecule has 1 aromatic rings. The van der Waals surface area contributed by atoms with Crippen LogP contribution in [-0.4, -0.2) is 43.5 Å². The number of nitrogens with zero attached hydrogens (tertiary/aromatic N) is 1. The lowest BCUT2D eigenvalue weighted by Crippen LogP contribution is -2.47. The molecule has 0 spiro atoms. The molecule has 2 bridgehead atoms. The number of carboxylic acids is 1. The molecule has 5 nitrogen and oxygen atoms in total. The predicted molar refractivity (Wildman–Crippen MR) is 97.4 cm³/mol. The molecular weight excluding hydrogens is 454 g/mol. The highest BCUT2D eigenvalue weighted by atomic mass is 79.9.